The highest BCUT2D eigenvalue weighted by atomic mass is 16.7. The smallest absolute Gasteiger partial charge is 0.246 e. The third-order valence-electron chi connectivity index (χ3n) is 6.60. The Morgan fingerprint density at radius 3 is 2.77 bits per heavy atom. The van der Waals surface area contributed by atoms with E-state index in [1.807, 2.05) is 18.2 Å². The van der Waals surface area contributed by atoms with Gasteiger partial charge in [0.25, 0.3) is 0 Å². The van der Waals surface area contributed by atoms with E-state index in [0.717, 1.165) is 55.8 Å². The highest BCUT2D eigenvalue weighted by Gasteiger charge is 2.38. The number of morpholine rings is 1. The van der Waals surface area contributed by atoms with Crippen LogP contribution in [0, 0.1) is 5.92 Å². The van der Waals surface area contributed by atoms with Crippen LogP contribution in [0.4, 0.5) is 0 Å². The van der Waals surface area contributed by atoms with E-state index in [0.29, 0.717) is 6.42 Å². The zero-order valence-electron chi connectivity index (χ0n) is 16.9. The van der Waals surface area contributed by atoms with E-state index in [4.69, 9.17) is 18.9 Å². The molecule has 0 radical (unpaired) electrons. The van der Waals surface area contributed by atoms with Gasteiger partial charge in [-0.2, -0.15) is 0 Å². The number of carbonyl (C=O) groups excluding carboxylic acids is 2. The third kappa shape index (κ3) is 4.19. The maximum atomic E-state index is 12.8. The fourth-order valence-electron chi connectivity index (χ4n) is 4.93. The zero-order chi connectivity index (χ0) is 20.5. The first kappa shape index (κ1) is 19.5. The van der Waals surface area contributed by atoms with Crippen LogP contribution in [0.3, 0.4) is 0 Å². The molecule has 2 heterocycles. The Hall–Kier alpha value is -2.48. The minimum atomic E-state index is -0.0566. The van der Waals surface area contributed by atoms with Crippen molar-refractivity contribution in [3.05, 3.63) is 18.2 Å². The van der Waals surface area contributed by atoms with Crippen molar-refractivity contribution in [2.75, 3.05) is 13.4 Å². The summed E-state index contributed by atoms with van der Waals surface area (Å²) in [7, 11) is 0. The fourth-order valence-corrected chi connectivity index (χ4v) is 4.93. The molecule has 3 fully saturated rings. The lowest BCUT2D eigenvalue weighted by Gasteiger charge is -2.39. The molecule has 0 unspecified atom stereocenters. The van der Waals surface area contributed by atoms with Gasteiger partial charge in [0.05, 0.1) is 18.2 Å². The molecule has 2 aliphatic heterocycles. The van der Waals surface area contributed by atoms with Crippen molar-refractivity contribution in [2.24, 2.45) is 5.92 Å². The zero-order valence-corrected chi connectivity index (χ0v) is 16.9. The maximum absolute atomic E-state index is 12.8. The van der Waals surface area contributed by atoms with E-state index >= 15 is 0 Å². The van der Waals surface area contributed by atoms with Gasteiger partial charge in [0.2, 0.25) is 18.6 Å². The molecule has 162 valence electrons. The van der Waals surface area contributed by atoms with Gasteiger partial charge in [0.1, 0.15) is 12.4 Å². The molecule has 3 atom stereocenters. The normalized spacial score (nSPS) is 32.7. The minimum Gasteiger partial charge on any atom is -0.490 e. The fraction of sp³-hybridized carbons (Fsp3) is 0.636. The van der Waals surface area contributed by atoms with Gasteiger partial charge < -0.3 is 29.6 Å². The number of benzene rings is 1. The molecule has 2 amide bonds. The summed E-state index contributed by atoms with van der Waals surface area (Å²) in [6.07, 6.45) is 6.00. The summed E-state index contributed by atoms with van der Waals surface area (Å²) in [5.41, 5.74) is 0. The lowest BCUT2D eigenvalue weighted by molar-refractivity contribution is -0.142. The third-order valence-corrected chi connectivity index (χ3v) is 6.60. The minimum absolute atomic E-state index is 0.0381. The van der Waals surface area contributed by atoms with Gasteiger partial charge in [0.15, 0.2) is 11.5 Å². The van der Waals surface area contributed by atoms with Crippen LogP contribution in [0.25, 0.3) is 0 Å². The molecule has 8 heteroatoms. The summed E-state index contributed by atoms with van der Waals surface area (Å²) < 4.78 is 22.5. The molecule has 8 nitrogen and oxygen atoms in total. The molecule has 4 aliphatic rings. The molecule has 0 spiro atoms. The van der Waals surface area contributed by atoms with Crippen LogP contribution in [0.1, 0.15) is 44.9 Å². The molecule has 0 aromatic heterocycles. The van der Waals surface area contributed by atoms with E-state index in [2.05, 4.69) is 10.6 Å². The molecule has 2 saturated carbocycles. The van der Waals surface area contributed by atoms with Crippen LogP contribution in [-0.2, 0) is 14.3 Å². The van der Waals surface area contributed by atoms with Crippen molar-refractivity contribution in [1.29, 1.82) is 0 Å². The molecule has 0 bridgehead atoms. The number of fused-ring (bicyclic) bond motifs is 2. The van der Waals surface area contributed by atoms with Crippen LogP contribution < -0.4 is 24.8 Å². The highest BCUT2D eigenvalue weighted by molar-refractivity contribution is 5.80. The summed E-state index contributed by atoms with van der Waals surface area (Å²) in [4.78, 5) is 24.2. The molecule has 2 N–H and O–H groups in total. The molecular weight excluding hydrogens is 388 g/mol. The second-order valence-electron chi connectivity index (χ2n) is 8.65. The van der Waals surface area contributed by atoms with E-state index in [9.17, 15) is 9.59 Å². The monoisotopic (exact) mass is 416 g/mol. The van der Waals surface area contributed by atoms with E-state index in [-0.39, 0.29) is 55.4 Å². The number of nitrogens with one attached hydrogen (secondary N) is 2. The Morgan fingerprint density at radius 2 is 1.90 bits per heavy atom. The summed E-state index contributed by atoms with van der Waals surface area (Å²) >= 11 is 0. The topological polar surface area (TPSA) is 95.1 Å². The summed E-state index contributed by atoms with van der Waals surface area (Å²) in [6, 6.07) is 5.91. The number of carbonyl (C=O) groups is 2. The van der Waals surface area contributed by atoms with Gasteiger partial charge in [-0.3, -0.25) is 9.59 Å². The maximum Gasteiger partial charge on any atom is 0.246 e. The SMILES string of the molecule is O=C1CO[C@H]2C[C@@H](C(=O)NC3CCC(Oc4ccc5c(c4)OCO5)CC3)CC[C@@H]2N1. The number of hydrogen-bond acceptors (Lipinski definition) is 6. The van der Waals surface area contributed by atoms with Crippen molar-refractivity contribution < 1.29 is 28.5 Å². The van der Waals surface area contributed by atoms with Gasteiger partial charge in [-0.15, -0.1) is 0 Å². The van der Waals surface area contributed by atoms with Crippen LogP contribution >= 0.6 is 0 Å². The molecular formula is C22H28N2O6. The van der Waals surface area contributed by atoms with Crippen LogP contribution in [0.5, 0.6) is 17.2 Å². The first-order chi connectivity index (χ1) is 14.6. The Bertz CT molecular complexity index is 807. The number of amides is 2. The standard InChI is InChI=1S/C22H28N2O6/c25-21-11-27-19-9-13(1-7-17(19)24-21)22(26)23-14-2-4-15(5-3-14)30-16-6-8-18-20(10-16)29-12-28-18/h6,8,10,13-15,17,19H,1-5,7,9,11-12H2,(H,23,26)(H,24,25)/t13-,14?,15?,17-,19-/m0/s1. The van der Waals surface area contributed by atoms with Crippen LogP contribution in [0.15, 0.2) is 18.2 Å². The van der Waals surface area contributed by atoms with Crippen LogP contribution in [0.2, 0.25) is 0 Å². The van der Waals surface area contributed by atoms with Gasteiger partial charge >= 0.3 is 0 Å². The molecule has 2 aliphatic carbocycles. The second kappa shape index (κ2) is 8.34. The van der Waals surface area contributed by atoms with Crippen molar-refractivity contribution >= 4 is 11.8 Å². The Kier molecular flexibility index (Phi) is 5.41. The molecule has 5 rings (SSSR count). The predicted molar refractivity (Wildman–Crippen MR) is 106 cm³/mol. The average Bonchev–Trinajstić information content (AvgIpc) is 3.22. The van der Waals surface area contributed by atoms with E-state index in [1.165, 1.54) is 0 Å². The highest BCUT2D eigenvalue weighted by Crippen LogP contribution is 2.36. The van der Waals surface area contributed by atoms with Crippen molar-refractivity contribution in [2.45, 2.75) is 69.2 Å². The summed E-state index contributed by atoms with van der Waals surface area (Å²) in [6.45, 7) is 0.357. The Balaban J connectivity index is 1.07. The summed E-state index contributed by atoms with van der Waals surface area (Å²) in [5.74, 6) is 2.30. The first-order valence-electron chi connectivity index (χ1n) is 10.9. The van der Waals surface area contributed by atoms with Crippen molar-refractivity contribution in [1.82, 2.24) is 10.6 Å². The van der Waals surface area contributed by atoms with Crippen molar-refractivity contribution in [3.63, 3.8) is 0 Å². The second-order valence-corrected chi connectivity index (χ2v) is 8.65. The number of ether oxygens (including phenoxy) is 4. The quantitative estimate of drug-likeness (QED) is 0.779. The Morgan fingerprint density at radius 1 is 1.07 bits per heavy atom. The lowest BCUT2D eigenvalue weighted by atomic mass is 9.82. The summed E-state index contributed by atoms with van der Waals surface area (Å²) in [5, 5.41) is 6.21. The number of rotatable bonds is 4. The van der Waals surface area contributed by atoms with Gasteiger partial charge in [-0.05, 0) is 57.1 Å². The van der Waals surface area contributed by atoms with E-state index in [1.54, 1.807) is 0 Å². The average molecular weight is 416 g/mol. The number of hydrogen-bond donors (Lipinski definition) is 2. The van der Waals surface area contributed by atoms with Crippen LogP contribution in [-0.4, -0.2) is 49.5 Å². The lowest BCUT2D eigenvalue weighted by Crippen LogP contribution is -2.55. The molecule has 1 aromatic rings. The van der Waals surface area contributed by atoms with Gasteiger partial charge in [-0.25, -0.2) is 0 Å². The molecule has 30 heavy (non-hydrogen) atoms. The first-order valence-corrected chi connectivity index (χ1v) is 10.9. The Labute approximate surface area is 175 Å². The van der Waals surface area contributed by atoms with Gasteiger partial charge in [0, 0.05) is 18.0 Å². The predicted octanol–water partition coefficient (Wildman–Crippen LogP) is 1.91. The van der Waals surface area contributed by atoms with Gasteiger partial charge in [-0.1, -0.05) is 0 Å². The van der Waals surface area contributed by atoms with Crippen molar-refractivity contribution in [3.8, 4) is 17.2 Å². The van der Waals surface area contributed by atoms with E-state index < -0.39 is 0 Å². The molecule has 1 saturated heterocycles. The molecule has 1 aromatic carbocycles. The largest absolute Gasteiger partial charge is 0.490 e.